The Morgan fingerprint density at radius 1 is 1.40 bits per heavy atom. The van der Waals surface area contributed by atoms with Crippen LogP contribution in [0.1, 0.15) is 37.7 Å². The topological polar surface area (TPSA) is 58.2 Å². The summed E-state index contributed by atoms with van der Waals surface area (Å²) in [5.74, 6) is 0.472. The highest BCUT2D eigenvalue weighted by molar-refractivity contribution is 5.83. The number of carbonyl (C=O) groups excluding carboxylic acids is 2. The molecule has 2 N–H and O–H groups in total. The zero-order valence-corrected chi connectivity index (χ0v) is 11.9. The van der Waals surface area contributed by atoms with E-state index in [1.54, 1.807) is 0 Å². The van der Waals surface area contributed by atoms with Gasteiger partial charge in [0.25, 0.3) is 0 Å². The van der Waals surface area contributed by atoms with E-state index < -0.39 is 0 Å². The summed E-state index contributed by atoms with van der Waals surface area (Å²) in [6.07, 6.45) is 2.04. The summed E-state index contributed by atoms with van der Waals surface area (Å²) < 4.78 is 0. The van der Waals surface area contributed by atoms with Gasteiger partial charge in [0.1, 0.15) is 0 Å². The first-order chi connectivity index (χ1) is 9.66. The van der Waals surface area contributed by atoms with Crippen LogP contribution in [0.15, 0.2) is 30.3 Å². The Morgan fingerprint density at radius 2 is 2.15 bits per heavy atom. The van der Waals surface area contributed by atoms with Crippen molar-refractivity contribution in [3.63, 3.8) is 0 Å². The molecule has 1 aliphatic rings. The van der Waals surface area contributed by atoms with Gasteiger partial charge in [-0.25, -0.2) is 0 Å². The summed E-state index contributed by atoms with van der Waals surface area (Å²) in [7, 11) is 0. The van der Waals surface area contributed by atoms with Gasteiger partial charge in [0.15, 0.2) is 0 Å². The predicted octanol–water partition coefficient (Wildman–Crippen LogP) is 1.82. The molecule has 1 fully saturated rings. The number of benzene rings is 1. The molecule has 1 heterocycles. The third-order valence-corrected chi connectivity index (χ3v) is 3.88. The number of rotatable bonds is 5. The van der Waals surface area contributed by atoms with Crippen LogP contribution in [0.3, 0.4) is 0 Å². The lowest BCUT2D eigenvalue weighted by atomic mass is 9.96. The lowest BCUT2D eigenvalue weighted by Crippen LogP contribution is -2.43. The van der Waals surface area contributed by atoms with E-state index in [0.29, 0.717) is 31.8 Å². The van der Waals surface area contributed by atoms with Crippen LogP contribution in [0.2, 0.25) is 0 Å². The van der Waals surface area contributed by atoms with Gasteiger partial charge in [-0.05, 0) is 24.3 Å². The first-order valence-corrected chi connectivity index (χ1v) is 7.26. The van der Waals surface area contributed by atoms with Gasteiger partial charge < -0.3 is 10.6 Å². The van der Waals surface area contributed by atoms with Crippen molar-refractivity contribution in [2.24, 2.45) is 5.92 Å². The summed E-state index contributed by atoms with van der Waals surface area (Å²) in [6, 6.07) is 10.3. The summed E-state index contributed by atoms with van der Waals surface area (Å²) in [5, 5.41) is 5.72. The monoisotopic (exact) mass is 274 g/mol. The van der Waals surface area contributed by atoms with Crippen LogP contribution in [0.25, 0.3) is 0 Å². The smallest absolute Gasteiger partial charge is 0.224 e. The zero-order valence-electron chi connectivity index (χ0n) is 11.9. The minimum atomic E-state index is -0.0697. The molecule has 0 bridgehead atoms. The van der Waals surface area contributed by atoms with E-state index in [1.807, 2.05) is 18.2 Å². The van der Waals surface area contributed by atoms with Crippen molar-refractivity contribution < 1.29 is 9.59 Å². The third kappa shape index (κ3) is 4.08. The lowest BCUT2D eigenvalue weighted by Gasteiger charge is -2.22. The molecule has 0 aromatic heterocycles. The van der Waals surface area contributed by atoms with Crippen LogP contribution in [0, 0.1) is 5.92 Å². The van der Waals surface area contributed by atoms with E-state index in [2.05, 4.69) is 29.7 Å². The van der Waals surface area contributed by atoms with Crippen molar-refractivity contribution in [3.8, 4) is 0 Å². The zero-order chi connectivity index (χ0) is 14.4. The minimum Gasteiger partial charge on any atom is -0.356 e. The van der Waals surface area contributed by atoms with Crippen molar-refractivity contribution in [2.75, 3.05) is 13.1 Å². The maximum Gasteiger partial charge on any atom is 0.224 e. The Morgan fingerprint density at radius 3 is 2.80 bits per heavy atom. The van der Waals surface area contributed by atoms with Crippen LogP contribution >= 0.6 is 0 Å². The Balaban J connectivity index is 1.70. The second-order valence-corrected chi connectivity index (χ2v) is 5.43. The van der Waals surface area contributed by atoms with E-state index >= 15 is 0 Å². The summed E-state index contributed by atoms with van der Waals surface area (Å²) in [6.45, 7) is 3.32. The standard InChI is InChI=1S/C16H22N2O2/c1-12(13-5-3-2-4-6-13)9-10-17-16(20)14-7-8-15(19)18-11-14/h2-6,12,14H,7-11H2,1H3,(H,17,20)(H,18,19). The molecule has 4 nitrogen and oxygen atoms in total. The van der Waals surface area contributed by atoms with E-state index in [-0.39, 0.29) is 17.7 Å². The van der Waals surface area contributed by atoms with Crippen LogP contribution in [0.5, 0.6) is 0 Å². The molecule has 2 amide bonds. The Hall–Kier alpha value is -1.84. The molecule has 1 aromatic rings. The molecule has 0 radical (unpaired) electrons. The van der Waals surface area contributed by atoms with Gasteiger partial charge in [0, 0.05) is 19.5 Å². The largest absolute Gasteiger partial charge is 0.356 e. The average Bonchev–Trinajstić information content (AvgIpc) is 2.48. The average molecular weight is 274 g/mol. The van der Waals surface area contributed by atoms with Gasteiger partial charge in [0.05, 0.1) is 5.92 Å². The van der Waals surface area contributed by atoms with Gasteiger partial charge >= 0.3 is 0 Å². The van der Waals surface area contributed by atoms with E-state index in [9.17, 15) is 9.59 Å². The maximum atomic E-state index is 12.0. The van der Waals surface area contributed by atoms with E-state index in [0.717, 1.165) is 6.42 Å². The first-order valence-electron chi connectivity index (χ1n) is 7.26. The number of amides is 2. The Labute approximate surface area is 119 Å². The molecule has 20 heavy (non-hydrogen) atoms. The number of hydrogen-bond donors (Lipinski definition) is 2. The summed E-state index contributed by atoms with van der Waals surface area (Å²) in [4.78, 5) is 23.0. The highest BCUT2D eigenvalue weighted by atomic mass is 16.2. The predicted molar refractivity (Wildman–Crippen MR) is 78.2 cm³/mol. The fraction of sp³-hybridized carbons (Fsp3) is 0.500. The lowest BCUT2D eigenvalue weighted by molar-refractivity contribution is -0.128. The molecular formula is C16H22N2O2. The van der Waals surface area contributed by atoms with Crippen molar-refractivity contribution in [3.05, 3.63) is 35.9 Å². The van der Waals surface area contributed by atoms with Gasteiger partial charge in [0.2, 0.25) is 11.8 Å². The third-order valence-electron chi connectivity index (χ3n) is 3.88. The highest BCUT2D eigenvalue weighted by Crippen LogP contribution is 2.17. The molecule has 0 saturated carbocycles. The van der Waals surface area contributed by atoms with Gasteiger partial charge in [-0.1, -0.05) is 37.3 Å². The second kappa shape index (κ2) is 7.08. The molecule has 1 saturated heterocycles. The highest BCUT2D eigenvalue weighted by Gasteiger charge is 2.23. The van der Waals surface area contributed by atoms with E-state index in [1.165, 1.54) is 5.56 Å². The van der Waals surface area contributed by atoms with Gasteiger partial charge in [-0.15, -0.1) is 0 Å². The molecule has 0 aliphatic carbocycles. The molecule has 4 heteroatoms. The Bertz CT molecular complexity index is 449. The fourth-order valence-corrected chi connectivity index (χ4v) is 2.46. The summed E-state index contributed by atoms with van der Waals surface area (Å²) in [5.41, 5.74) is 1.30. The van der Waals surface area contributed by atoms with Crippen LogP contribution in [-0.2, 0) is 9.59 Å². The fourth-order valence-electron chi connectivity index (χ4n) is 2.46. The number of piperidine rings is 1. The molecule has 1 aliphatic heterocycles. The normalized spacial score (nSPS) is 20.1. The molecule has 108 valence electrons. The van der Waals surface area contributed by atoms with Crippen LogP contribution in [0.4, 0.5) is 0 Å². The molecule has 2 rings (SSSR count). The quantitative estimate of drug-likeness (QED) is 0.860. The SMILES string of the molecule is CC(CCNC(=O)C1CCC(=O)NC1)c1ccccc1. The molecule has 1 aromatic carbocycles. The number of carbonyl (C=O) groups is 2. The number of nitrogens with one attached hydrogen (secondary N) is 2. The van der Waals surface area contributed by atoms with Gasteiger partial charge in [-0.2, -0.15) is 0 Å². The van der Waals surface area contributed by atoms with Crippen molar-refractivity contribution in [1.82, 2.24) is 10.6 Å². The molecule has 2 unspecified atom stereocenters. The van der Waals surface area contributed by atoms with Crippen LogP contribution in [-0.4, -0.2) is 24.9 Å². The first kappa shape index (κ1) is 14.6. The second-order valence-electron chi connectivity index (χ2n) is 5.43. The maximum absolute atomic E-state index is 12.0. The van der Waals surface area contributed by atoms with Crippen molar-refractivity contribution in [1.29, 1.82) is 0 Å². The molecular weight excluding hydrogens is 252 g/mol. The molecule has 2 atom stereocenters. The number of hydrogen-bond acceptors (Lipinski definition) is 2. The van der Waals surface area contributed by atoms with Crippen LogP contribution < -0.4 is 10.6 Å². The summed E-state index contributed by atoms with van der Waals surface area (Å²) >= 11 is 0. The van der Waals surface area contributed by atoms with Crippen molar-refractivity contribution >= 4 is 11.8 Å². The minimum absolute atomic E-state index is 0.0479. The van der Waals surface area contributed by atoms with Gasteiger partial charge in [-0.3, -0.25) is 9.59 Å². The van der Waals surface area contributed by atoms with Crippen molar-refractivity contribution in [2.45, 2.75) is 32.1 Å². The van der Waals surface area contributed by atoms with E-state index in [4.69, 9.17) is 0 Å². The molecule has 0 spiro atoms. The Kier molecular flexibility index (Phi) is 5.16.